The smallest absolute Gasteiger partial charge is 0.264 e. The molecule has 0 spiro atoms. The fourth-order valence-electron chi connectivity index (χ4n) is 5.46. The highest BCUT2D eigenvalue weighted by Gasteiger charge is 2.29. The highest BCUT2D eigenvalue weighted by molar-refractivity contribution is 6.37. The Kier molecular flexibility index (Phi) is 5.95. The van der Waals surface area contributed by atoms with Crippen LogP contribution in [0.15, 0.2) is 27.5 Å². The summed E-state index contributed by atoms with van der Waals surface area (Å²) in [5.74, 6) is 0.589. The van der Waals surface area contributed by atoms with E-state index in [0.717, 1.165) is 49.7 Å². The van der Waals surface area contributed by atoms with E-state index in [-0.39, 0.29) is 23.6 Å². The van der Waals surface area contributed by atoms with E-state index < -0.39 is 0 Å². The topological polar surface area (TPSA) is 80.4 Å². The first kappa shape index (κ1) is 21.5. The molecule has 1 aromatic carbocycles. The molecule has 7 nitrogen and oxygen atoms in total. The fraction of sp³-hybridized carbons (Fsp3) is 0.542. The van der Waals surface area contributed by atoms with Gasteiger partial charge in [-0.3, -0.25) is 14.5 Å². The molecule has 0 bridgehead atoms. The molecule has 8 heteroatoms. The van der Waals surface area contributed by atoms with E-state index in [4.69, 9.17) is 16.1 Å². The van der Waals surface area contributed by atoms with Crippen LogP contribution in [0.4, 0.5) is 0 Å². The van der Waals surface area contributed by atoms with Gasteiger partial charge in [0, 0.05) is 17.5 Å². The highest BCUT2D eigenvalue weighted by Crippen LogP contribution is 2.35. The van der Waals surface area contributed by atoms with Gasteiger partial charge in [0.15, 0.2) is 0 Å². The van der Waals surface area contributed by atoms with E-state index in [1.807, 2.05) is 22.8 Å². The first-order valence-corrected chi connectivity index (χ1v) is 12.0. The second-order valence-corrected chi connectivity index (χ2v) is 9.60. The molecular weight excluding hydrogens is 428 g/mol. The summed E-state index contributed by atoms with van der Waals surface area (Å²) in [6.45, 7) is 4.22. The minimum Gasteiger partial charge on any atom is -0.360 e. The highest BCUT2D eigenvalue weighted by atomic mass is 35.5. The van der Waals surface area contributed by atoms with Crippen molar-refractivity contribution in [3.05, 3.63) is 39.3 Å². The largest absolute Gasteiger partial charge is 0.360 e. The Morgan fingerprint density at radius 2 is 2.00 bits per heavy atom. The van der Waals surface area contributed by atoms with E-state index in [2.05, 4.69) is 15.4 Å². The van der Waals surface area contributed by atoms with Crippen LogP contribution in [0, 0.1) is 6.92 Å². The lowest BCUT2D eigenvalue weighted by Gasteiger charge is -2.33. The van der Waals surface area contributed by atoms with Crippen molar-refractivity contribution in [2.75, 3.05) is 19.6 Å². The number of aromatic nitrogens is 2. The number of pyridine rings is 1. The molecule has 2 aliphatic rings. The summed E-state index contributed by atoms with van der Waals surface area (Å²) < 4.78 is 7.22. The lowest BCUT2D eigenvalue weighted by molar-refractivity contribution is -0.123. The number of carbonyl (C=O) groups excluding carboxylic acids is 1. The number of nitrogens with one attached hydrogen (secondary N) is 1. The Morgan fingerprint density at radius 1 is 1.19 bits per heavy atom. The van der Waals surface area contributed by atoms with Crippen LogP contribution in [-0.2, 0) is 4.79 Å². The van der Waals surface area contributed by atoms with Gasteiger partial charge in [-0.15, -0.1) is 0 Å². The zero-order valence-electron chi connectivity index (χ0n) is 18.4. The van der Waals surface area contributed by atoms with Gasteiger partial charge in [-0.2, -0.15) is 0 Å². The molecule has 1 aliphatic carbocycles. The zero-order chi connectivity index (χ0) is 22.2. The number of amides is 1. The van der Waals surface area contributed by atoms with Crippen molar-refractivity contribution in [2.24, 2.45) is 0 Å². The Balaban J connectivity index is 1.44. The summed E-state index contributed by atoms with van der Waals surface area (Å²) in [6.07, 6.45) is 7.09. The van der Waals surface area contributed by atoms with E-state index in [9.17, 15) is 9.59 Å². The molecule has 2 atom stereocenters. The van der Waals surface area contributed by atoms with Gasteiger partial charge in [0.25, 0.3) is 5.56 Å². The quantitative estimate of drug-likeness (QED) is 0.636. The molecule has 1 aliphatic heterocycles. The Bertz CT molecular complexity index is 1210. The van der Waals surface area contributed by atoms with Crippen LogP contribution in [0.1, 0.15) is 56.7 Å². The van der Waals surface area contributed by atoms with Crippen LogP contribution >= 0.6 is 11.6 Å². The van der Waals surface area contributed by atoms with Gasteiger partial charge in [0.2, 0.25) is 5.91 Å². The number of fused-ring (bicyclic) bond motifs is 3. The van der Waals surface area contributed by atoms with Crippen LogP contribution in [0.5, 0.6) is 0 Å². The molecule has 0 radical (unpaired) electrons. The van der Waals surface area contributed by atoms with Gasteiger partial charge >= 0.3 is 0 Å². The lowest BCUT2D eigenvalue weighted by atomic mass is 9.90. The van der Waals surface area contributed by atoms with Crippen molar-refractivity contribution < 1.29 is 9.32 Å². The third-order valence-electron chi connectivity index (χ3n) is 6.98. The molecule has 2 aromatic heterocycles. The monoisotopic (exact) mass is 456 g/mol. The number of halogens is 1. The van der Waals surface area contributed by atoms with Crippen LogP contribution < -0.4 is 10.9 Å². The molecule has 1 saturated carbocycles. The first-order chi connectivity index (χ1) is 15.5. The maximum absolute atomic E-state index is 13.6. The molecular formula is C24H29ClN4O3. The number of likely N-dealkylation sites (tertiary alicyclic amines) is 1. The first-order valence-electron chi connectivity index (χ1n) is 11.6. The third kappa shape index (κ3) is 3.92. The van der Waals surface area contributed by atoms with Crippen molar-refractivity contribution >= 4 is 39.3 Å². The maximum Gasteiger partial charge on any atom is 0.264 e. The van der Waals surface area contributed by atoms with Crippen molar-refractivity contribution in [1.82, 2.24) is 19.9 Å². The van der Waals surface area contributed by atoms with Gasteiger partial charge in [0.1, 0.15) is 16.7 Å². The summed E-state index contributed by atoms with van der Waals surface area (Å²) in [6, 6.07) is 5.64. The number of hydrogen-bond donors (Lipinski definition) is 1. The Morgan fingerprint density at radius 3 is 2.81 bits per heavy atom. The number of rotatable bonds is 4. The number of benzene rings is 1. The number of aryl methyl sites for hydroxylation is 1. The minimum atomic E-state index is -0.0983. The molecule has 32 heavy (non-hydrogen) atoms. The summed E-state index contributed by atoms with van der Waals surface area (Å²) in [4.78, 5) is 28.5. The van der Waals surface area contributed by atoms with Crippen molar-refractivity contribution in [2.45, 2.75) is 64.0 Å². The standard InChI is InChI=1S/C24H29ClN4O3/c1-15-21-23(27-32-15)22-18(25)9-6-10-19(22)29(24(21)31)17-8-5-7-16(13-17)26-20(30)14-28-11-3-2-4-12-28/h6,9-10,16-17H,2-5,7-8,11-14H2,1H3,(H,26,30)/t16-,17+/m1/s1. The molecule has 170 valence electrons. The minimum absolute atomic E-state index is 0.0174. The summed E-state index contributed by atoms with van der Waals surface area (Å²) in [5.41, 5.74) is 1.19. The van der Waals surface area contributed by atoms with Gasteiger partial charge < -0.3 is 14.4 Å². The fourth-order valence-corrected chi connectivity index (χ4v) is 5.72. The summed E-state index contributed by atoms with van der Waals surface area (Å²) >= 11 is 6.54. The average molecular weight is 457 g/mol. The molecule has 0 unspecified atom stereocenters. The number of nitrogens with zero attached hydrogens (tertiary/aromatic N) is 3. The lowest BCUT2D eigenvalue weighted by Crippen LogP contribution is -2.45. The second kappa shape index (κ2) is 8.87. The Labute approximate surface area is 191 Å². The second-order valence-electron chi connectivity index (χ2n) is 9.19. The van der Waals surface area contributed by atoms with E-state index in [0.29, 0.717) is 28.2 Å². The average Bonchev–Trinajstić information content (AvgIpc) is 3.16. The molecule has 5 rings (SSSR count). The van der Waals surface area contributed by atoms with E-state index >= 15 is 0 Å². The van der Waals surface area contributed by atoms with E-state index in [1.165, 1.54) is 19.3 Å². The Hall–Kier alpha value is -2.38. The summed E-state index contributed by atoms with van der Waals surface area (Å²) in [7, 11) is 0. The SMILES string of the molecule is Cc1onc2c1c(=O)n([C@H]1CCC[C@@H](NC(=O)CN3CCCCC3)C1)c1cccc(Cl)c21. The third-order valence-corrected chi connectivity index (χ3v) is 7.29. The molecule has 1 saturated heterocycles. The maximum atomic E-state index is 13.6. The number of piperidine rings is 1. The normalized spacial score (nSPS) is 22.4. The number of hydrogen-bond acceptors (Lipinski definition) is 5. The van der Waals surface area contributed by atoms with Crippen LogP contribution in [0.2, 0.25) is 5.02 Å². The molecule has 1 N–H and O–H groups in total. The molecule has 1 amide bonds. The van der Waals surface area contributed by atoms with Crippen LogP contribution in [-0.4, -0.2) is 46.2 Å². The molecule has 3 heterocycles. The predicted molar refractivity (Wildman–Crippen MR) is 125 cm³/mol. The van der Waals surface area contributed by atoms with Crippen LogP contribution in [0.25, 0.3) is 21.8 Å². The van der Waals surface area contributed by atoms with Crippen molar-refractivity contribution in [3.8, 4) is 0 Å². The van der Waals surface area contributed by atoms with Gasteiger partial charge in [-0.1, -0.05) is 29.2 Å². The molecule has 3 aromatic rings. The van der Waals surface area contributed by atoms with Gasteiger partial charge in [-0.25, -0.2) is 0 Å². The molecule has 2 fully saturated rings. The van der Waals surface area contributed by atoms with Crippen molar-refractivity contribution in [1.29, 1.82) is 0 Å². The number of carbonyl (C=O) groups is 1. The summed E-state index contributed by atoms with van der Waals surface area (Å²) in [5, 5.41) is 9.15. The van der Waals surface area contributed by atoms with Crippen molar-refractivity contribution in [3.63, 3.8) is 0 Å². The van der Waals surface area contributed by atoms with Crippen LogP contribution in [0.3, 0.4) is 0 Å². The predicted octanol–water partition coefficient (Wildman–Crippen LogP) is 4.19. The zero-order valence-corrected chi connectivity index (χ0v) is 19.2. The van der Waals surface area contributed by atoms with Gasteiger partial charge in [-0.05, 0) is 70.7 Å². The van der Waals surface area contributed by atoms with E-state index in [1.54, 1.807) is 6.92 Å². The van der Waals surface area contributed by atoms with Gasteiger partial charge in [0.05, 0.1) is 17.1 Å².